The van der Waals surface area contributed by atoms with Gasteiger partial charge in [-0.05, 0) is 17.5 Å². The van der Waals surface area contributed by atoms with Crippen LogP contribution in [-0.4, -0.2) is 15.0 Å². The highest BCUT2D eigenvalue weighted by molar-refractivity contribution is 6.18. The van der Waals surface area contributed by atoms with Gasteiger partial charge in [-0.2, -0.15) is 0 Å². The number of aromatic amines is 2. The molecule has 0 radical (unpaired) electrons. The van der Waals surface area contributed by atoms with E-state index in [1.54, 1.807) is 6.20 Å². The minimum atomic E-state index is -0.0717. The fourth-order valence-corrected chi connectivity index (χ4v) is 2.49. The van der Waals surface area contributed by atoms with E-state index < -0.39 is 0 Å². The molecule has 0 unspecified atom stereocenters. The molecular formula is C14H9N3O. The summed E-state index contributed by atoms with van der Waals surface area (Å²) >= 11 is 0. The van der Waals surface area contributed by atoms with Crippen molar-refractivity contribution < 1.29 is 0 Å². The lowest BCUT2D eigenvalue weighted by atomic mass is 10.1. The minimum absolute atomic E-state index is 0.0717. The van der Waals surface area contributed by atoms with Crippen molar-refractivity contribution in [3.8, 4) is 0 Å². The van der Waals surface area contributed by atoms with E-state index in [-0.39, 0.29) is 5.56 Å². The van der Waals surface area contributed by atoms with E-state index in [1.807, 2.05) is 36.5 Å². The van der Waals surface area contributed by atoms with Gasteiger partial charge in [0.2, 0.25) is 0 Å². The minimum Gasteiger partial charge on any atom is -0.341 e. The summed E-state index contributed by atoms with van der Waals surface area (Å²) in [6, 6.07) is 9.52. The van der Waals surface area contributed by atoms with E-state index in [0.29, 0.717) is 5.39 Å². The Morgan fingerprint density at radius 2 is 1.78 bits per heavy atom. The summed E-state index contributed by atoms with van der Waals surface area (Å²) in [5.41, 5.74) is 1.66. The first-order chi connectivity index (χ1) is 8.84. The molecule has 4 aromatic rings. The third kappa shape index (κ3) is 1.09. The molecular weight excluding hydrogens is 226 g/mol. The Balaban J connectivity index is 2.43. The van der Waals surface area contributed by atoms with E-state index >= 15 is 0 Å². The van der Waals surface area contributed by atoms with Gasteiger partial charge in [-0.25, -0.2) is 0 Å². The molecule has 0 aliphatic heterocycles. The molecule has 2 N–H and O–H groups in total. The summed E-state index contributed by atoms with van der Waals surface area (Å²) < 4.78 is 0. The fraction of sp³-hybridized carbons (Fsp3) is 0. The van der Waals surface area contributed by atoms with E-state index in [2.05, 4.69) is 15.0 Å². The molecule has 0 fully saturated rings. The first kappa shape index (κ1) is 9.41. The van der Waals surface area contributed by atoms with Gasteiger partial charge in [0.1, 0.15) is 5.65 Å². The Morgan fingerprint density at radius 3 is 2.67 bits per heavy atom. The van der Waals surface area contributed by atoms with Crippen molar-refractivity contribution in [2.75, 3.05) is 0 Å². The standard InChI is InChI=1S/C14H9N3O/c18-14-9-4-2-1-3-8(9)12-10-7-15-6-5-11(10)16-13(12)17-14/h1-7H,(H2,16,17,18). The quantitative estimate of drug-likeness (QED) is 0.492. The van der Waals surface area contributed by atoms with Gasteiger partial charge in [0.15, 0.2) is 0 Å². The predicted octanol–water partition coefficient (Wildman–Crippen LogP) is 2.56. The van der Waals surface area contributed by atoms with Gasteiger partial charge in [-0.1, -0.05) is 18.2 Å². The van der Waals surface area contributed by atoms with Crippen LogP contribution in [0.25, 0.3) is 32.7 Å². The average molecular weight is 235 g/mol. The number of fused-ring (bicyclic) bond motifs is 5. The molecule has 86 valence electrons. The Hall–Kier alpha value is -2.62. The molecule has 0 spiro atoms. The predicted molar refractivity (Wildman–Crippen MR) is 71.7 cm³/mol. The van der Waals surface area contributed by atoms with Crippen LogP contribution in [0.3, 0.4) is 0 Å². The van der Waals surface area contributed by atoms with E-state index in [9.17, 15) is 4.79 Å². The summed E-state index contributed by atoms with van der Waals surface area (Å²) in [7, 11) is 0. The van der Waals surface area contributed by atoms with E-state index in [1.165, 1.54) is 0 Å². The molecule has 4 rings (SSSR count). The zero-order valence-electron chi connectivity index (χ0n) is 9.40. The van der Waals surface area contributed by atoms with Crippen LogP contribution in [0.5, 0.6) is 0 Å². The van der Waals surface area contributed by atoms with Crippen molar-refractivity contribution >= 4 is 32.7 Å². The van der Waals surface area contributed by atoms with Crippen LogP contribution in [0, 0.1) is 0 Å². The van der Waals surface area contributed by atoms with Gasteiger partial charge < -0.3 is 9.97 Å². The van der Waals surface area contributed by atoms with E-state index in [4.69, 9.17) is 0 Å². The van der Waals surface area contributed by atoms with Gasteiger partial charge in [-0.3, -0.25) is 9.78 Å². The maximum absolute atomic E-state index is 12.0. The van der Waals surface area contributed by atoms with Gasteiger partial charge >= 0.3 is 0 Å². The molecule has 0 saturated carbocycles. The number of nitrogens with zero attached hydrogens (tertiary/aromatic N) is 1. The Bertz CT molecular complexity index is 949. The molecule has 4 heteroatoms. The van der Waals surface area contributed by atoms with Crippen LogP contribution in [-0.2, 0) is 0 Å². The maximum Gasteiger partial charge on any atom is 0.257 e. The van der Waals surface area contributed by atoms with Gasteiger partial charge in [0, 0.05) is 28.6 Å². The van der Waals surface area contributed by atoms with Crippen LogP contribution in [0.2, 0.25) is 0 Å². The van der Waals surface area contributed by atoms with Crippen molar-refractivity contribution in [2.45, 2.75) is 0 Å². The van der Waals surface area contributed by atoms with Crippen molar-refractivity contribution in [2.24, 2.45) is 0 Å². The smallest absolute Gasteiger partial charge is 0.257 e. The first-order valence-corrected chi connectivity index (χ1v) is 5.71. The second kappa shape index (κ2) is 3.20. The highest BCUT2D eigenvalue weighted by atomic mass is 16.1. The second-order valence-electron chi connectivity index (χ2n) is 4.30. The zero-order valence-corrected chi connectivity index (χ0v) is 9.40. The van der Waals surface area contributed by atoms with Crippen molar-refractivity contribution in [3.05, 3.63) is 53.1 Å². The van der Waals surface area contributed by atoms with Crippen molar-refractivity contribution in [1.29, 1.82) is 0 Å². The number of benzene rings is 1. The normalized spacial score (nSPS) is 11.6. The lowest BCUT2D eigenvalue weighted by Crippen LogP contribution is -2.05. The summed E-state index contributed by atoms with van der Waals surface area (Å²) in [5.74, 6) is 0. The fourth-order valence-electron chi connectivity index (χ4n) is 2.49. The number of hydrogen-bond donors (Lipinski definition) is 2. The van der Waals surface area contributed by atoms with Crippen LogP contribution < -0.4 is 5.56 Å². The number of hydrogen-bond acceptors (Lipinski definition) is 2. The summed E-state index contributed by atoms with van der Waals surface area (Å²) in [4.78, 5) is 22.2. The Morgan fingerprint density at radius 1 is 0.944 bits per heavy atom. The van der Waals surface area contributed by atoms with Crippen LogP contribution >= 0.6 is 0 Å². The van der Waals surface area contributed by atoms with Crippen LogP contribution in [0.1, 0.15) is 0 Å². The molecule has 0 amide bonds. The monoisotopic (exact) mass is 235 g/mol. The first-order valence-electron chi connectivity index (χ1n) is 5.71. The van der Waals surface area contributed by atoms with Crippen LogP contribution in [0.4, 0.5) is 0 Å². The lowest BCUT2D eigenvalue weighted by Gasteiger charge is -1.98. The number of nitrogens with one attached hydrogen (secondary N) is 2. The van der Waals surface area contributed by atoms with Gasteiger partial charge in [0.05, 0.1) is 5.52 Å². The third-order valence-corrected chi connectivity index (χ3v) is 3.28. The Labute approximate surface area is 101 Å². The highest BCUT2D eigenvalue weighted by Gasteiger charge is 2.10. The zero-order chi connectivity index (χ0) is 12.1. The molecule has 0 aliphatic rings. The summed E-state index contributed by atoms with van der Waals surface area (Å²) in [6.07, 6.45) is 3.55. The maximum atomic E-state index is 12.0. The summed E-state index contributed by atoms with van der Waals surface area (Å²) in [5, 5.41) is 3.71. The SMILES string of the molecule is O=c1[nH]c2[nH]c3ccncc3c2c2ccccc12. The molecule has 0 saturated heterocycles. The molecule has 4 nitrogen and oxygen atoms in total. The molecule has 0 atom stereocenters. The molecule has 0 bridgehead atoms. The third-order valence-electron chi connectivity index (χ3n) is 3.28. The average Bonchev–Trinajstić information content (AvgIpc) is 2.77. The molecule has 1 aromatic carbocycles. The highest BCUT2D eigenvalue weighted by Crippen LogP contribution is 2.28. The Kier molecular flexibility index (Phi) is 1.67. The van der Waals surface area contributed by atoms with Gasteiger partial charge in [-0.15, -0.1) is 0 Å². The molecule has 3 heterocycles. The largest absolute Gasteiger partial charge is 0.341 e. The van der Waals surface area contributed by atoms with Crippen molar-refractivity contribution in [1.82, 2.24) is 15.0 Å². The van der Waals surface area contributed by atoms with Gasteiger partial charge in [0.25, 0.3) is 5.56 Å². The number of H-pyrrole nitrogens is 2. The summed E-state index contributed by atoms with van der Waals surface area (Å²) in [6.45, 7) is 0. The number of rotatable bonds is 0. The number of pyridine rings is 2. The number of aromatic nitrogens is 3. The topological polar surface area (TPSA) is 61.5 Å². The van der Waals surface area contributed by atoms with Crippen molar-refractivity contribution in [3.63, 3.8) is 0 Å². The second-order valence-corrected chi connectivity index (χ2v) is 4.30. The molecule has 3 aromatic heterocycles. The lowest BCUT2D eigenvalue weighted by molar-refractivity contribution is 1.29. The molecule has 0 aliphatic carbocycles. The van der Waals surface area contributed by atoms with Crippen LogP contribution in [0.15, 0.2) is 47.5 Å². The molecule has 18 heavy (non-hydrogen) atoms. The van der Waals surface area contributed by atoms with E-state index in [0.717, 1.165) is 27.3 Å².